The molecule has 1 unspecified atom stereocenters. The molecule has 142 valence electrons. The molecule has 0 radical (unpaired) electrons. The molecule has 1 atom stereocenters. The molecule has 1 aromatic heterocycles. The van der Waals surface area contributed by atoms with E-state index in [0.29, 0.717) is 11.4 Å². The van der Waals surface area contributed by atoms with Crippen molar-refractivity contribution >= 4 is 28.4 Å². The maximum absolute atomic E-state index is 14.4. The van der Waals surface area contributed by atoms with Gasteiger partial charge in [0.05, 0.1) is 11.7 Å². The first-order valence-corrected chi connectivity index (χ1v) is 8.63. The van der Waals surface area contributed by atoms with E-state index >= 15 is 0 Å². The van der Waals surface area contributed by atoms with Crippen LogP contribution in [0.25, 0.3) is 10.9 Å². The Balaban J connectivity index is 1.71. The number of benzene rings is 2. The van der Waals surface area contributed by atoms with Gasteiger partial charge in [0.25, 0.3) is 5.91 Å². The third-order valence-corrected chi connectivity index (χ3v) is 4.77. The highest BCUT2D eigenvalue weighted by Gasteiger charge is 2.34. The SMILES string of the molecule is CC1=C(C(=O)Nc2ccc3[nH]ncc3c2)C(c2cccc(F)c2F)CC(=O)N1. The Hall–Kier alpha value is -3.55. The summed E-state index contributed by atoms with van der Waals surface area (Å²) in [5.74, 6) is -3.81. The van der Waals surface area contributed by atoms with E-state index in [1.54, 1.807) is 31.3 Å². The molecule has 3 N–H and O–H groups in total. The highest BCUT2D eigenvalue weighted by atomic mass is 19.2. The van der Waals surface area contributed by atoms with E-state index in [1.165, 1.54) is 12.1 Å². The number of rotatable bonds is 3. The molecule has 3 aromatic rings. The second-order valence-electron chi connectivity index (χ2n) is 6.61. The lowest BCUT2D eigenvalue weighted by Crippen LogP contribution is -2.35. The van der Waals surface area contributed by atoms with Gasteiger partial charge >= 0.3 is 0 Å². The number of hydrogen-bond donors (Lipinski definition) is 3. The first-order chi connectivity index (χ1) is 13.4. The first kappa shape index (κ1) is 17.8. The van der Waals surface area contributed by atoms with Gasteiger partial charge in [0, 0.05) is 34.7 Å². The number of amides is 2. The van der Waals surface area contributed by atoms with Crippen LogP contribution in [0.2, 0.25) is 0 Å². The first-order valence-electron chi connectivity index (χ1n) is 8.63. The van der Waals surface area contributed by atoms with Gasteiger partial charge in [-0.25, -0.2) is 8.78 Å². The molecular weight excluding hydrogens is 366 g/mol. The second-order valence-corrected chi connectivity index (χ2v) is 6.61. The van der Waals surface area contributed by atoms with Crippen molar-refractivity contribution in [2.45, 2.75) is 19.3 Å². The number of nitrogens with zero attached hydrogens (tertiary/aromatic N) is 1. The number of allylic oxidation sites excluding steroid dienone is 1. The number of aromatic amines is 1. The molecular formula is C20H16F2N4O2. The Bertz CT molecular complexity index is 1140. The summed E-state index contributed by atoms with van der Waals surface area (Å²) in [6.45, 7) is 1.56. The number of carbonyl (C=O) groups excluding carboxylic acids is 2. The topological polar surface area (TPSA) is 86.9 Å². The van der Waals surface area contributed by atoms with Crippen molar-refractivity contribution in [3.8, 4) is 0 Å². The Kier molecular flexibility index (Phi) is 4.38. The largest absolute Gasteiger partial charge is 0.330 e. The van der Waals surface area contributed by atoms with E-state index in [1.807, 2.05) is 0 Å². The highest BCUT2D eigenvalue weighted by molar-refractivity contribution is 6.07. The average molecular weight is 382 g/mol. The van der Waals surface area contributed by atoms with E-state index in [0.717, 1.165) is 17.0 Å². The van der Waals surface area contributed by atoms with Crippen LogP contribution in [0.3, 0.4) is 0 Å². The maximum atomic E-state index is 14.4. The van der Waals surface area contributed by atoms with Gasteiger partial charge in [-0.05, 0) is 36.8 Å². The van der Waals surface area contributed by atoms with Gasteiger partial charge in [0.1, 0.15) is 0 Å². The Morgan fingerprint density at radius 2 is 2.07 bits per heavy atom. The minimum Gasteiger partial charge on any atom is -0.330 e. The van der Waals surface area contributed by atoms with Crippen LogP contribution in [-0.2, 0) is 9.59 Å². The molecule has 1 aliphatic rings. The summed E-state index contributed by atoms with van der Waals surface area (Å²) in [5, 5.41) is 12.9. The van der Waals surface area contributed by atoms with Crippen LogP contribution in [0.4, 0.5) is 14.5 Å². The third-order valence-electron chi connectivity index (χ3n) is 4.77. The summed E-state index contributed by atoms with van der Waals surface area (Å²) in [4.78, 5) is 25.0. The minimum atomic E-state index is -1.06. The summed E-state index contributed by atoms with van der Waals surface area (Å²) in [7, 11) is 0. The monoisotopic (exact) mass is 382 g/mol. The summed E-state index contributed by atoms with van der Waals surface area (Å²) < 4.78 is 28.1. The molecule has 0 bridgehead atoms. The van der Waals surface area contributed by atoms with Crippen LogP contribution in [0.15, 0.2) is 53.9 Å². The summed E-state index contributed by atoms with van der Waals surface area (Å²) in [6.07, 6.45) is 1.47. The number of fused-ring (bicyclic) bond motifs is 1. The Labute approximate surface area is 158 Å². The van der Waals surface area contributed by atoms with Gasteiger partial charge in [-0.15, -0.1) is 0 Å². The molecule has 28 heavy (non-hydrogen) atoms. The lowest BCUT2D eigenvalue weighted by Gasteiger charge is -2.27. The fourth-order valence-electron chi connectivity index (χ4n) is 3.48. The molecule has 0 saturated carbocycles. The lowest BCUT2D eigenvalue weighted by atomic mass is 9.83. The normalized spacial score (nSPS) is 17.0. The molecule has 6 nitrogen and oxygen atoms in total. The molecule has 2 heterocycles. The molecule has 2 amide bonds. The van der Waals surface area contributed by atoms with Crippen LogP contribution in [0, 0.1) is 11.6 Å². The standard InChI is InChI=1S/C20H16F2N4O2/c1-10-18(20(28)25-12-5-6-16-11(7-12)9-23-26-16)14(8-17(27)24-10)13-3-2-4-15(21)19(13)22/h2-7,9,14H,8H2,1H3,(H,23,26)(H,24,27)(H,25,28). The number of hydrogen-bond acceptors (Lipinski definition) is 3. The molecule has 0 spiro atoms. The fraction of sp³-hybridized carbons (Fsp3) is 0.150. The lowest BCUT2D eigenvalue weighted by molar-refractivity contribution is -0.121. The number of carbonyl (C=O) groups is 2. The van der Waals surface area contributed by atoms with Gasteiger partial charge in [0.2, 0.25) is 5.91 Å². The van der Waals surface area contributed by atoms with Crippen molar-refractivity contribution in [1.29, 1.82) is 0 Å². The van der Waals surface area contributed by atoms with E-state index < -0.39 is 23.5 Å². The third kappa shape index (κ3) is 3.13. The number of anilines is 1. The molecule has 8 heteroatoms. The maximum Gasteiger partial charge on any atom is 0.253 e. The van der Waals surface area contributed by atoms with E-state index in [-0.39, 0.29) is 23.5 Å². The van der Waals surface area contributed by atoms with Crippen LogP contribution in [-0.4, -0.2) is 22.0 Å². The van der Waals surface area contributed by atoms with Crippen molar-refractivity contribution in [2.75, 3.05) is 5.32 Å². The molecule has 0 aliphatic carbocycles. The van der Waals surface area contributed by atoms with Gasteiger partial charge in [-0.2, -0.15) is 5.10 Å². The van der Waals surface area contributed by atoms with Crippen LogP contribution in [0.5, 0.6) is 0 Å². The minimum absolute atomic E-state index is 0.0235. The quantitative estimate of drug-likeness (QED) is 0.649. The van der Waals surface area contributed by atoms with Crippen LogP contribution in [0.1, 0.15) is 24.8 Å². The Morgan fingerprint density at radius 1 is 1.25 bits per heavy atom. The van der Waals surface area contributed by atoms with Gasteiger partial charge < -0.3 is 10.6 Å². The molecule has 0 fully saturated rings. The zero-order valence-corrected chi connectivity index (χ0v) is 14.8. The van der Waals surface area contributed by atoms with E-state index in [2.05, 4.69) is 20.8 Å². The molecule has 1 aliphatic heterocycles. The number of aromatic nitrogens is 2. The number of H-pyrrole nitrogens is 1. The molecule has 4 rings (SSSR count). The van der Waals surface area contributed by atoms with Crippen LogP contribution >= 0.6 is 0 Å². The van der Waals surface area contributed by atoms with Crippen molar-refractivity contribution in [2.24, 2.45) is 0 Å². The Morgan fingerprint density at radius 3 is 2.89 bits per heavy atom. The average Bonchev–Trinajstić information content (AvgIpc) is 3.11. The van der Waals surface area contributed by atoms with Crippen molar-refractivity contribution < 1.29 is 18.4 Å². The number of halogens is 2. The molecule has 2 aromatic carbocycles. The van der Waals surface area contributed by atoms with Crippen molar-refractivity contribution in [3.05, 3.63) is 71.1 Å². The van der Waals surface area contributed by atoms with Gasteiger partial charge in [-0.1, -0.05) is 12.1 Å². The van der Waals surface area contributed by atoms with Crippen molar-refractivity contribution in [1.82, 2.24) is 15.5 Å². The van der Waals surface area contributed by atoms with Gasteiger partial charge in [0.15, 0.2) is 11.6 Å². The van der Waals surface area contributed by atoms with E-state index in [4.69, 9.17) is 0 Å². The predicted octanol–water partition coefficient (Wildman–Crippen LogP) is 3.36. The number of nitrogens with one attached hydrogen (secondary N) is 3. The zero-order valence-electron chi connectivity index (χ0n) is 14.8. The van der Waals surface area contributed by atoms with Crippen LogP contribution < -0.4 is 10.6 Å². The zero-order chi connectivity index (χ0) is 19.8. The fourth-order valence-corrected chi connectivity index (χ4v) is 3.48. The summed E-state index contributed by atoms with van der Waals surface area (Å²) in [5.41, 5.74) is 1.82. The smallest absolute Gasteiger partial charge is 0.253 e. The van der Waals surface area contributed by atoms with Crippen molar-refractivity contribution in [3.63, 3.8) is 0 Å². The van der Waals surface area contributed by atoms with E-state index in [9.17, 15) is 18.4 Å². The molecule has 0 saturated heterocycles. The summed E-state index contributed by atoms with van der Waals surface area (Å²) >= 11 is 0. The second kappa shape index (κ2) is 6.88. The van der Waals surface area contributed by atoms with Gasteiger partial charge in [-0.3, -0.25) is 14.7 Å². The predicted molar refractivity (Wildman–Crippen MR) is 99.3 cm³/mol. The summed E-state index contributed by atoms with van der Waals surface area (Å²) in [6, 6.07) is 8.96. The highest BCUT2D eigenvalue weighted by Crippen LogP contribution is 2.35.